The lowest BCUT2D eigenvalue weighted by atomic mass is 10.2. The summed E-state index contributed by atoms with van der Waals surface area (Å²) in [5, 5.41) is 2.80. The minimum Gasteiger partial charge on any atom is -0.493 e. The van der Waals surface area contributed by atoms with Gasteiger partial charge >= 0.3 is 0 Å². The average Bonchev–Trinajstić information content (AvgIpc) is 3.16. The molecule has 3 rings (SSSR count). The number of anilines is 2. The van der Waals surface area contributed by atoms with Gasteiger partial charge in [-0.25, -0.2) is 9.97 Å². The lowest BCUT2D eigenvalue weighted by Gasteiger charge is -2.16. The predicted molar refractivity (Wildman–Crippen MR) is 91.0 cm³/mol. The third-order valence-corrected chi connectivity index (χ3v) is 3.97. The van der Waals surface area contributed by atoms with Gasteiger partial charge in [0.2, 0.25) is 0 Å². The summed E-state index contributed by atoms with van der Waals surface area (Å²) < 4.78 is 10.4. The predicted octanol–water partition coefficient (Wildman–Crippen LogP) is 2.35. The fraction of sp³-hybridized carbons (Fsp3) is 0.353. The SMILES string of the molecule is COc1ccc(C(=O)Nc2cc(N3CCCC3)ncn2)cc1OC. The molecule has 0 saturated carbocycles. The molecule has 1 N–H and O–H groups in total. The molecular weight excluding hydrogens is 308 g/mol. The molecule has 1 fully saturated rings. The standard InChI is InChI=1S/C17H20N4O3/c1-23-13-6-5-12(9-14(13)24-2)17(22)20-15-10-16(19-11-18-15)21-7-3-4-8-21/h5-6,9-11H,3-4,7-8H2,1-2H3,(H,18,19,20,22). The molecule has 0 radical (unpaired) electrons. The minimum atomic E-state index is -0.262. The van der Waals surface area contributed by atoms with Crippen LogP contribution in [0.3, 0.4) is 0 Å². The van der Waals surface area contributed by atoms with Crippen molar-refractivity contribution in [3.63, 3.8) is 0 Å². The molecule has 126 valence electrons. The van der Waals surface area contributed by atoms with E-state index in [0.717, 1.165) is 31.7 Å². The largest absolute Gasteiger partial charge is 0.493 e. The second-order valence-electron chi connectivity index (χ2n) is 5.48. The maximum Gasteiger partial charge on any atom is 0.256 e. The van der Waals surface area contributed by atoms with E-state index in [9.17, 15) is 4.79 Å². The summed E-state index contributed by atoms with van der Waals surface area (Å²) in [6.07, 6.45) is 3.80. The van der Waals surface area contributed by atoms with Crippen molar-refractivity contribution in [3.05, 3.63) is 36.2 Å². The number of ether oxygens (including phenoxy) is 2. The number of carbonyl (C=O) groups is 1. The molecule has 0 spiro atoms. The average molecular weight is 328 g/mol. The Morgan fingerprint density at radius 3 is 2.54 bits per heavy atom. The molecule has 0 bridgehead atoms. The van der Waals surface area contributed by atoms with Crippen LogP contribution in [0.5, 0.6) is 11.5 Å². The quantitative estimate of drug-likeness (QED) is 0.908. The molecule has 7 nitrogen and oxygen atoms in total. The first-order valence-corrected chi connectivity index (χ1v) is 7.81. The van der Waals surface area contributed by atoms with E-state index in [-0.39, 0.29) is 5.91 Å². The molecule has 2 heterocycles. The van der Waals surface area contributed by atoms with Crippen LogP contribution in [-0.2, 0) is 0 Å². The smallest absolute Gasteiger partial charge is 0.256 e. The fourth-order valence-electron chi connectivity index (χ4n) is 2.70. The van der Waals surface area contributed by atoms with Crippen molar-refractivity contribution in [2.45, 2.75) is 12.8 Å². The summed E-state index contributed by atoms with van der Waals surface area (Å²) in [5.41, 5.74) is 0.467. The summed E-state index contributed by atoms with van der Waals surface area (Å²) in [4.78, 5) is 23.0. The van der Waals surface area contributed by atoms with Gasteiger partial charge < -0.3 is 19.7 Å². The molecule has 1 aromatic carbocycles. The van der Waals surface area contributed by atoms with Gasteiger partial charge in [-0.2, -0.15) is 0 Å². The molecule has 0 aliphatic carbocycles. The van der Waals surface area contributed by atoms with Crippen LogP contribution in [0.25, 0.3) is 0 Å². The van der Waals surface area contributed by atoms with Crippen molar-refractivity contribution >= 4 is 17.5 Å². The van der Waals surface area contributed by atoms with Crippen molar-refractivity contribution in [1.29, 1.82) is 0 Å². The Bertz CT molecular complexity index is 730. The maximum atomic E-state index is 12.4. The third-order valence-electron chi connectivity index (χ3n) is 3.97. The molecule has 1 aliphatic rings. The topological polar surface area (TPSA) is 76.6 Å². The number of hydrogen-bond donors (Lipinski definition) is 1. The number of aromatic nitrogens is 2. The molecule has 1 saturated heterocycles. The highest BCUT2D eigenvalue weighted by Crippen LogP contribution is 2.28. The number of hydrogen-bond acceptors (Lipinski definition) is 6. The molecule has 0 unspecified atom stereocenters. The van der Waals surface area contributed by atoms with Gasteiger partial charge in [-0.1, -0.05) is 0 Å². The van der Waals surface area contributed by atoms with E-state index in [4.69, 9.17) is 9.47 Å². The molecule has 1 aromatic heterocycles. The van der Waals surface area contributed by atoms with Gasteiger partial charge in [-0.3, -0.25) is 4.79 Å². The summed E-state index contributed by atoms with van der Waals surface area (Å²) >= 11 is 0. The van der Waals surface area contributed by atoms with Gasteiger partial charge in [0.25, 0.3) is 5.91 Å². The minimum absolute atomic E-state index is 0.262. The van der Waals surface area contributed by atoms with Crippen LogP contribution in [-0.4, -0.2) is 43.2 Å². The van der Waals surface area contributed by atoms with Gasteiger partial charge in [0.1, 0.15) is 18.0 Å². The molecule has 1 amide bonds. The van der Waals surface area contributed by atoms with Crippen LogP contribution in [0.4, 0.5) is 11.6 Å². The molecule has 7 heteroatoms. The first-order chi connectivity index (χ1) is 11.7. The second kappa shape index (κ2) is 7.16. The van der Waals surface area contributed by atoms with Gasteiger partial charge in [0.05, 0.1) is 14.2 Å². The zero-order valence-electron chi connectivity index (χ0n) is 13.8. The Labute approximate surface area is 140 Å². The molecule has 1 aliphatic heterocycles. The van der Waals surface area contributed by atoms with Crippen molar-refractivity contribution in [1.82, 2.24) is 9.97 Å². The van der Waals surface area contributed by atoms with E-state index < -0.39 is 0 Å². The first-order valence-electron chi connectivity index (χ1n) is 7.81. The maximum absolute atomic E-state index is 12.4. The van der Waals surface area contributed by atoms with Gasteiger partial charge in [0.15, 0.2) is 11.5 Å². The van der Waals surface area contributed by atoms with E-state index in [1.807, 2.05) is 0 Å². The number of benzene rings is 1. The number of methoxy groups -OCH3 is 2. The van der Waals surface area contributed by atoms with Crippen LogP contribution in [0.1, 0.15) is 23.2 Å². The number of carbonyl (C=O) groups excluding carboxylic acids is 1. The lowest BCUT2D eigenvalue weighted by molar-refractivity contribution is 0.102. The van der Waals surface area contributed by atoms with E-state index in [0.29, 0.717) is 22.9 Å². The fourth-order valence-corrected chi connectivity index (χ4v) is 2.70. The van der Waals surface area contributed by atoms with E-state index in [1.54, 1.807) is 31.4 Å². The van der Waals surface area contributed by atoms with Crippen molar-refractivity contribution in [2.75, 3.05) is 37.5 Å². The molecular formula is C17H20N4O3. The van der Waals surface area contributed by atoms with Gasteiger partial charge in [-0.15, -0.1) is 0 Å². The van der Waals surface area contributed by atoms with E-state index in [1.165, 1.54) is 13.4 Å². The Morgan fingerprint density at radius 1 is 1.08 bits per heavy atom. The zero-order valence-corrected chi connectivity index (χ0v) is 13.8. The highest BCUT2D eigenvalue weighted by Gasteiger charge is 2.16. The molecule has 2 aromatic rings. The normalized spacial score (nSPS) is 13.7. The van der Waals surface area contributed by atoms with Crippen LogP contribution < -0.4 is 19.7 Å². The van der Waals surface area contributed by atoms with Crippen LogP contribution in [0.2, 0.25) is 0 Å². The summed E-state index contributed by atoms with van der Waals surface area (Å²) in [6.45, 7) is 1.97. The second-order valence-corrected chi connectivity index (χ2v) is 5.48. The van der Waals surface area contributed by atoms with Gasteiger partial charge in [0, 0.05) is 24.7 Å². The lowest BCUT2D eigenvalue weighted by Crippen LogP contribution is -2.20. The number of amides is 1. The Hall–Kier alpha value is -2.83. The summed E-state index contributed by atoms with van der Waals surface area (Å²) in [6, 6.07) is 6.81. The van der Waals surface area contributed by atoms with Crippen LogP contribution in [0.15, 0.2) is 30.6 Å². The highest BCUT2D eigenvalue weighted by molar-refractivity contribution is 6.04. The van der Waals surface area contributed by atoms with Crippen LogP contribution in [0, 0.1) is 0 Å². The number of rotatable bonds is 5. The van der Waals surface area contributed by atoms with E-state index in [2.05, 4.69) is 20.2 Å². The number of nitrogens with one attached hydrogen (secondary N) is 1. The number of nitrogens with zero attached hydrogens (tertiary/aromatic N) is 3. The molecule has 24 heavy (non-hydrogen) atoms. The highest BCUT2D eigenvalue weighted by atomic mass is 16.5. The summed E-state index contributed by atoms with van der Waals surface area (Å²) in [5.74, 6) is 2.14. The van der Waals surface area contributed by atoms with Crippen LogP contribution >= 0.6 is 0 Å². The Kier molecular flexibility index (Phi) is 4.79. The Balaban J connectivity index is 1.76. The van der Waals surface area contributed by atoms with Gasteiger partial charge in [-0.05, 0) is 31.0 Å². The van der Waals surface area contributed by atoms with Crippen molar-refractivity contribution < 1.29 is 14.3 Å². The van der Waals surface area contributed by atoms with Crippen molar-refractivity contribution in [2.24, 2.45) is 0 Å². The molecule has 0 atom stereocenters. The van der Waals surface area contributed by atoms with E-state index >= 15 is 0 Å². The summed E-state index contributed by atoms with van der Waals surface area (Å²) in [7, 11) is 3.09. The first kappa shape index (κ1) is 16.0. The third kappa shape index (κ3) is 3.40. The van der Waals surface area contributed by atoms with Crippen molar-refractivity contribution in [3.8, 4) is 11.5 Å². The zero-order chi connectivity index (χ0) is 16.9. The Morgan fingerprint density at radius 2 is 1.83 bits per heavy atom. The monoisotopic (exact) mass is 328 g/mol.